The highest BCUT2D eigenvalue weighted by Gasteiger charge is 2.18. The third kappa shape index (κ3) is 4.39. The minimum Gasteiger partial charge on any atom is -0.423 e. The summed E-state index contributed by atoms with van der Waals surface area (Å²) in [6, 6.07) is 7.33. The van der Waals surface area contributed by atoms with E-state index in [9.17, 15) is 10.0 Å². The first-order valence-corrected chi connectivity index (χ1v) is 9.29. The Hall–Kier alpha value is -1.02. The summed E-state index contributed by atoms with van der Waals surface area (Å²) in [6.45, 7) is 8.58. The molecule has 0 aliphatic carbocycles. The van der Waals surface area contributed by atoms with Crippen LogP contribution in [0.4, 0.5) is 0 Å². The van der Waals surface area contributed by atoms with E-state index in [-0.39, 0.29) is 5.92 Å². The fourth-order valence-corrected chi connectivity index (χ4v) is 2.19. The molecule has 0 radical (unpaired) electrons. The first-order chi connectivity index (χ1) is 7.81. The zero-order valence-electron chi connectivity index (χ0n) is 10.9. The van der Waals surface area contributed by atoms with Crippen molar-refractivity contribution < 1.29 is 10.0 Å². The number of rotatable bonds is 2. The van der Waals surface area contributed by atoms with Crippen molar-refractivity contribution in [1.82, 2.24) is 0 Å². The molecule has 2 nitrogen and oxygen atoms in total. The molecule has 17 heavy (non-hydrogen) atoms. The van der Waals surface area contributed by atoms with Gasteiger partial charge in [0.2, 0.25) is 0 Å². The van der Waals surface area contributed by atoms with Gasteiger partial charge in [-0.25, -0.2) is 0 Å². The molecule has 0 saturated carbocycles. The van der Waals surface area contributed by atoms with Crippen LogP contribution >= 0.6 is 0 Å². The van der Waals surface area contributed by atoms with Crippen LogP contribution in [0.5, 0.6) is 0 Å². The Bertz CT molecular complexity index is 441. The fourth-order valence-electron chi connectivity index (χ4n) is 1.54. The van der Waals surface area contributed by atoms with Gasteiger partial charge >= 0.3 is 7.12 Å². The van der Waals surface area contributed by atoms with Gasteiger partial charge in [-0.05, 0) is 17.9 Å². The standard InChI is InChI=1S/C13H19BO2Si/c1-11(9-10-17(2,3)4)12-7-5-6-8-13(12)14(15)16/h5-8,11,15-16H,1-4H3. The Morgan fingerprint density at radius 2 is 1.76 bits per heavy atom. The summed E-state index contributed by atoms with van der Waals surface area (Å²) >= 11 is 0. The van der Waals surface area contributed by atoms with Gasteiger partial charge in [0, 0.05) is 5.92 Å². The average molecular weight is 246 g/mol. The maximum Gasteiger partial charge on any atom is 0.488 e. The topological polar surface area (TPSA) is 40.5 Å². The molecule has 2 N–H and O–H groups in total. The van der Waals surface area contributed by atoms with E-state index in [1.165, 1.54) is 0 Å². The average Bonchev–Trinajstić information content (AvgIpc) is 2.25. The van der Waals surface area contributed by atoms with Crippen LogP contribution in [0, 0.1) is 11.5 Å². The molecular weight excluding hydrogens is 227 g/mol. The van der Waals surface area contributed by atoms with Crippen LogP contribution < -0.4 is 5.46 Å². The summed E-state index contributed by atoms with van der Waals surface area (Å²) < 4.78 is 0. The highest BCUT2D eigenvalue weighted by molar-refractivity contribution is 6.83. The lowest BCUT2D eigenvalue weighted by Crippen LogP contribution is -2.33. The molecule has 90 valence electrons. The summed E-state index contributed by atoms with van der Waals surface area (Å²) in [6.07, 6.45) is 0. The molecule has 0 aliphatic rings. The highest BCUT2D eigenvalue weighted by atomic mass is 28.3. The maximum absolute atomic E-state index is 9.30. The van der Waals surface area contributed by atoms with Gasteiger partial charge in [-0.3, -0.25) is 0 Å². The van der Waals surface area contributed by atoms with Crippen molar-refractivity contribution in [1.29, 1.82) is 0 Å². The molecule has 0 fully saturated rings. The van der Waals surface area contributed by atoms with Crippen molar-refractivity contribution in [2.75, 3.05) is 0 Å². The van der Waals surface area contributed by atoms with Gasteiger partial charge in [-0.15, -0.1) is 11.5 Å². The zero-order valence-corrected chi connectivity index (χ0v) is 11.9. The third-order valence-corrected chi connectivity index (χ3v) is 3.30. The van der Waals surface area contributed by atoms with Gasteiger partial charge in [-0.2, -0.15) is 0 Å². The lowest BCUT2D eigenvalue weighted by molar-refractivity contribution is 0.425. The van der Waals surface area contributed by atoms with Gasteiger partial charge in [0.25, 0.3) is 0 Å². The molecule has 1 atom stereocenters. The zero-order chi connectivity index (χ0) is 13.1. The van der Waals surface area contributed by atoms with E-state index in [1.807, 2.05) is 19.1 Å². The lowest BCUT2D eigenvalue weighted by atomic mass is 9.74. The molecule has 0 aromatic heterocycles. The first-order valence-electron chi connectivity index (χ1n) is 5.79. The van der Waals surface area contributed by atoms with E-state index < -0.39 is 15.2 Å². The second-order valence-electron chi connectivity index (χ2n) is 5.24. The van der Waals surface area contributed by atoms with E-state index in [0.717, 1.165) is 5.56 Å². The second-order valence-corrected chi connectivity index (χ2v) is 9.99. The van der Waals surface area contributed by atoms with Gasteiger partial charge in [0.05, 0.1) is 0 Å². The van der Waals surface area contributed by atoms with Gasteiger partial charge in [0.1, 0.15) is 8.07 Å². The number of benzene rings is 1. The Morgan fingerprint density at radius 3 is 2.29 bits per heavy atom. The number of hydrogen-bond donors (Lipinski definition) is 2. The molecular formula is C13H19BO2Si. The van der Waals surface area contributed by atoms with Crippen LogP contribution in [-0.2, 0) is 0 Å². The van der Waals surface area contributed by atoms with Crippen LogP contribution in [-0.4, -0.2) is 25.2 Å². The molecule has 0 amide bonds. The summed E-state index contributed by atoms with van der Waals surface area (Å²) in [5.74, 6) is 3.25. The minimum atomic E-state index is -1.43. The van der Waals surface area contributed by atoms with E-state index in [0.29, 0.717) is 5.46 Å². The molecule has 1 rings (SSSR count). The molecule has 1 aromatic rings. The predicted octanol–water partition coefficient (Wildman–Crippen LogP) is 1.35. The second kappa shape index (κ2) is 5.55. The fraction of sp³-hybridized carbons (Fsp3) is 0.385. The Balaban J connectivity index is 3.03. The molecule has 0 heterocycles. The van der Waals surface area contributed by atoms with Crippen molar-refractivity contribution in [3.05, 3.63) is 29.8 Å². The number of hydrogen-bond acceptors (Lipinski definition) is 2. The molecule has 0 aliphatic heterocycles. The van der Waals surface area contributed by atoms with Crippen molar-refractivity contribution in [2.24, 2.45) is 0 Å². The summed E-state index contributed by atoms with van der Waals surface area (Å²) in [4.78, 5) is 0. The Kier molecular flexibility index (Phi) is 4.58. The molecule has 0 bridgehead atoms. The quantitative estimate of drug-likeness (QED) is 0.611. The van der Waals surface area contributed by atoms with E-state index >= 15 is 0 Å². The van der Waals surface area contributed by atoms with Crippen molar-refractivity contribution in [3.63, 3.8) is 0 Å². The lowest BCUT2D eigenvalue weighted by Gasteiger charge is -2.12. The summed E-state index contributed by atoms with van der Waals surface area (Å²) in [5.41, 5.74) is 4.75. The van der Waals surface area contributed by atoms with Gasteiger partial charge in [0.15, 0.2) is 0 Å². The largest absolute Gasteiger partial charge is 0.488 e. The smallest absolute Gasteiger partial charge is 0.423 e. The monoisotopic (exact) mass is 246 g/mol. The van der Waals surface area contributed by atoms with Crippen LogP contribution in [0.15, 0.2) is 24.3 Å². The van der Waals surface area contributed by atoms with Crippen LogP contribution in [0.2, 0.25) is 19.6 Å². The third-order valence-electron chi connectivity index (χ3n) is 2.40. The Labute approximate surface area is 105 Å². The molecule has 0 spiro atoms. The van der Waals surface area contributed by atoms with Crippen LogP contribution in [0.3, 0.4) is 0 Å². The van der Waals surface area contributed by atoms with Crippen molar-refractivity contribution in [3.8, 4) is 11.5 Å². The summed E-state index contributed by atoms with van der Waals surface area (Å²) in [7, 11) is -2.81. The SMILES string of the molecule is CC(C#C[Si](C)(C)C)c1ccccc1B(O)O. The molecule has 4 heteroatoms. The van der Waals surface area contributed by atoms with Crippen molar-refractivity contribution >= 4 is 20.7 Å². The molecule has 1 unspecified atom stereocenters. The van der Waals surface area contributed by atoms with E-state index in [1.54, 1.807) is 12.1 Å². The first kappa shape index (κ1) is 14.0. The highest BCUT2D eigenvalue weighted by Crippen LogP contribution is 2.12. The van der Waals surface area contributed by atoms with Crippen LogP contribution in [0.25, 0.3) is 0 Å². The predicted molar refractivity (Wildman–Crippen MR) is 75.8 cm³/mol. The normalized spacial score (nSPS) is 12.6. The summed E-state index contributed by atoms with van der Waals surface area (Å²) in [5, 5.41) is 18.6. The van der Waals surface area contributed by atoms with Crippen molar-refractivity contribution in [2.45, 2.75) is 32.5 Å². The minimum absolute atomic E-state index is 0.0275. The Morgan fingerprint density at radius 1 is 1.18 bits per heavy atom. The van der Waals surface area contributed by atoms with E-state index in [4.69, 9.17) is 0 Å². The molecule has 0 saturated heterocycles. The van der Waals surface area contributed by atoms with Crippen LogP contribution in [0.1, 0.15) is 18.4 Å². The maximum atomic E-state index is 9.30. The van der Waals surface area contributed by atoms with E-state index in [2.05, 4.69) is 31.1 Å². The molecule has 1 aromatic carbocycles. The van der Waals surface area contributed by atoms with Gasteiger partial charge in [-0.1, -0.05) is 43.9 Å². The van der Waals surface area contributed by atoms with Gasteiger partial charge < -0.3 is 10.0 Å².